The van der Waals surface area contributed by atoms with Gasteiger partial charge in [-0.3, -0.25) is 9.59 Å². The van der Waals surface area contributed by atoms with Crippen LogP contribution in [0.25, 0.3) is 11.6 Å². The fourth-order valence-electron chi connectivity index (χ4n) is 1.72. The number of furan rings is 1. The lowest BCUT2D eigenvalue weighted by Gasteiger charge is -2.08. The van der Waals surface area contributed by atoms with Crippen molar-refractivity contribution in [2.45, 2.75) is 32.7 Å². The maximum absolute atomic E-state index is 11.6. The van der Waals surface area contributed by atoms with E-state index in [-0.39, 0.29) is 30.8 Å². The average molecular weight is 306 g/mol. The molecule has 0 fully saturated rings. The van der Waals surface area contributed by atoms with Crippen molar-refractivity contribution in [2.24, 2.45) is 0 Å². The summed E-state index contributed by atoms with van der Waals surface area (Å²) in [6.45, 7) is 3.66. The van der Waals surface area contributed by atoms with Crippen molar-refractivity contribution in [2.75, 3.05) is 6.54 Å². The maximum Gasteiger partial charge on any atom is 0.239 e. The van der Waals surface area contributed by atoms with Crippen molar-refractivity contribution in [3.8, 4) is 11.6 Å². The quantitative estimate of drug-likeness (QED) is 0.786. The zero-order chi connectivity index (χ0) is 15.9. The van der Waals surface area contributed by atoms with Crippen LogP contribution in [0, 0.1) is 0 Å². The van der Waals surface area contributed by atoms with Crippen molar-refractivity contribution in [1.29, 1.82) is 0 Å². The number of carbonyl (C=O) groups is 2. The molecule has 0 radical (unpaired) electrons. The molecule has 2 heterocycles. The molecule has 2 N–H and O–H groups in total. The topological polar surface area (TPSA) is 110 Å². The minimum atomic E-state index is -0.253. The Bertz CT molecular complexity index is 619. The molecule has 118 valence electrons. The van der Waals surface area contributed by atoms with E-state index >= 15 is 0 Å². The van der Waals surface area contributed by atoms with Gasteiger partial charge in [0.15, 0.2) is 5.76 Å². The van der Waals surface area contributed by atoms with E-state index in [2.05, 4.69) is 20.8 Å². The summed E-state index contributed by atoms with van der Waals surface area (Å²) in [5.41, 5.74) is 0. The molecule has 2 aromatic rings. The van der Waals surface area contributed by atoms with Gasteiger partial charge in [-0.15, -0.1) is 0 Å². The number of aryl methyl sites for hydroxylation is 1. The molecule has 0 saturated carbocycles. The van der Waals surface area contributed by atoms with E-state index < -0.39 is 0 Å². The van der Waals surface area contributed by atoms with Crippen molar-refractivity contribution >= 4 is 11.8 Å². The van der Waals surface area contributed by atoms with E-state index in [9.17, 15) is 9.59 Å². The third-order valence-electron chi connectivity index (χ3n) is 2.67. The Hall–Kier alpha value is -2.64. The Kier molecular flexibility index (Phi) is 5.29. The molecule has 0 saturated heterocycles. The highest BCUT2D eigenvalue weighted by Gasteiger charge is 2.12. The van der Waals surface area contributed by atoms with Crippen LogP contribution in [0.4, 0.5) is 0 Å². The van der Waals surface area contributed by atoms with Crippen molar-refractivity contribution in [3.63, 3.8) is 0 Å². The minimum Gasteiger partial charge on any atom is -0.461 e. The number of rotatable bonds is 7. The molecule has 2 rings (SSSR count). The first-order valence-electron chi connectivity index (χ1n) is 6.97. The summed E-state index contributed by atoms with van der Waals surface area (Å²) in [6.07, 6.45) is 1.97. The predicted octanol–water partition coefficient (Wildman–Crippen LogP) is 0.903. The monoisotopic (exact) mass is 306 g/mol. The first kappa shape index (κ1) is 15.7. The van der Waals surface area contributed by atoms with Crippen LogP contribution < -0.4 is 10.6 Å². The highest BCUT2D eigenvalue weighted by molar-refractivity contribution is 5.84. The van der Waals surface area contributed by atoms with Crippen molar-refractivity contribution < 1.29 is 18.5 Å². The number of hydrogen-bond acceptors (Lipinski definition) is 6. The van der Waals surface area contributed by atoms with Crippen LogP contribution in [-0.2, 0) is 16.0 Å². The van der Waals surface area contributed by atoms with Crippen LogP contribution in [-0.4, -0.2) is 34.5 Å². The van der Waals surface area contributed by atoms with Gasteiger partial charge in [0.25, 0.3) is 0 Å². The molecular weight excluding hydrogens is 288 g/mol. The summed E-state index contributed by atoms with van der Waals surface area (Å²) in [7, 11) is 0. The molecule has 0 aromatic carbocycles. The summed E-state index contributed by atoms with van der Waals surface area (Å²) in [4.78, 5) is 27.2. The molecule has 0 aliphatic carbocycles. The molecule has 0 aliphatic rings. The van der Waals surface area contributed by atoms with Gasteiger partial charge < -0.3 is 19.6 Å². The van der Waals surface area contributed by atoms with Gasteiger partial charge in [0.05, 0.1) is 12.8 Å². The number of carbonyl (C=O) groups excluding carboxylic acids is 2. The Labute approximate surface area is 127 Å². The fourth-order valence-corrected chi connectivity index (χ4v) is 1.72. The van der Waals surface area contributed by atoms with Crippen LogP contribution in [0.15, 0.2) is 27.3 Å². The number of nitrogens with one attached hydrogen (secondary N) is 2. The molecular formula is C14H18N4O4. The van der Waals surface area contributed by atoms with Gasteiger partial charge in [0.1, 0.15) is 0 Å². The molecule has 0 atom stereocenters. The highest BCUT2D eigenvalue weighted by atomic mass is 16.5. The van der Waals surface area contributed by atoms with Gasteiger partial charge in [0.2, 0.25) is 23.5 Å². The molecule has 2 aromatic heterocycles. The molecule has 0 spiro atoms. The van der Waals surface area contributed by atoms with Gasteiger partial charge in [-0.2, -0.15) is 4.98 Å². The first-order valence-corrected chi connectivity index (χ1v) is 6.97. The summed E-state index contributed by atoms with van der Waals surface area (Å²) < 4.78 is 10.2. The lowest BCUT2D eigenvalue weighted by atomic mass is 10.3. The number of hydrogen-bond donors (Lipinski definition) is 2. The first-order chi connectivity index (χ1) is 10.5. The second kappa shape index (κ2) is 7.39. The fraction of sp³-hybridized carbons (Fsp3) is 0.429. The summed E-state index contributed by atoms with van der Waals surface area (Å²) in [6, 6.07) is 3.48. The number of amides is 2. The molecule has 2 amide bonds. The van der Waals surface area contributed by atoms with Gasteiger partial charge in [-0.05, 0) is 26.0 Å². The third kappa shape index (κ3) is 4.72. The predicted molar refractivity (Wildman–Crippen MR) is 76.6 cm³/mol. The zero-order valence-electron chi connectivity index (χ0n) is 12.5. The van der Waals surface area contributed by atoms with Crippen LogP contribution in [0.5, 0.6) is 0 Å². The molecule has 0 unspecified atom stereocenters. The highest BCUT2D eigenvalue weighted by Crippen LogP contribution is 2.16. The SMILES string of the molecule is CC(C)NC(=O)CNC(=O)CCc1nc(-c2ccco2)no1. The van der Waals surface area contributed by atoms with Crippen molar-refractivity contribution in [1.82, 2.24) is 20.8 Å². The maximum atomic E-state index is 11.6. The van der Waals surface area contributed by atoms with Crippen LogP contribution >= 0.6 is 0 Å². The molecule has 22 heavy (non-hydrogen) atoms. The van der Waals surface area contributed by atoms with E-state index in [1.54, 1.807) is 12.1 Å². The normalized spacial score (nSPS) is 10.7. The second-order valence-electron chi connectivity index (χ2n) is 4.99. The summed E-state index contributed by atoms with van der Waals surface area (Å²) in [5.74, 6) is 0.715. The van der Waals surface area contributed by atoms with Crippen molar-refractivity contribution in [3.05, 3.63) is 24.3 Å². The number of nitrogens with zero attached hydrogens (tertiary/aromatic N) is 2. The number of aromatic nitrogens is 2. The summed E-state index contributed by atoms with van der Waals surface area (Å²) in [5, 5.41) is 8.99. The summed E-state index contributed by atoms with van der Waals surface area (Å²) >= 11 is 0. The van der Waals surface area contributed by atoms with Gasteiger partial charge in [-0.25, -0.2) is 0 Å². The van der Waals surface area contributed by atoms with Gasteiger partial charge in [0, 0.05) is 18.9 Å². The van der Waals surface area contributed by atoms with E-state index in [4.69, 9.17) is 8.94 Å². The Morgan fingerprint density at radius 2 is 2.14 bits per heavy atom. The standard InChI is InChI=1S/C14H18N4O4/c1-9(2)16-12(20)8-15-11(19)5-6-13-17-14(18-22-13)10-4-3-7-21-10/h3-4,7,9H,5-6,8H2,1-2H3,(H,15,19)(H,16,20). The minimum absolute atomic E-state index is 0.0432. The van der Waals surface area contributed by atoms with E-state index in [0.29, 0.717) is 23.9 Å². The lowest BCUT2D eigenvalue weighted by Crippen LogP contribution is -2.39. The Morgan fingerprint density at radius 3 is 2.82 bits per heavy atom. The molecule has 8 heteroatoms. The molecule has 0 bridgehead atoms. The van der Waals surface area contributed by atoms with E-state index in [1.807, 2.05) is 13.8 Å². The molecule has 0 aliphatic heterocycles. The zero-order valence-corrected chi connectivity index (χ0v) is 12.5. The van der Waals surface area contributed by atoms with Crippen LogP contribution in [0.2, 0.25) is 0 Å². The average Bonchev–Trinajstić information content (AvgIpc) is 3.12. The van der Waals surface area contributed by atoms with Gasteiger partial charge in [-0.1, -0.05) is 5.16 Å². The Balaban J connectivity index is 1.74. The van der Waals surface area contributed by atoms with Crippen LogP contribution in [0.3, 0.4) is 0 Å². The Morgan fingerprint density at radius 1 is 1.32 bits per heavy atom. The van der Waals surface area contributed by atoms with E-state index in [0.717, 1.165) is 0 Å². The third-order valence-corrected chi connectivity index (χ3v) is 2.67. The molecule has 8 nitrogen and oxygen atoms in total. The lowest BCUT2D eigenvalue weighted by molar-refractivity contribution is -0.126. The van der Waals surface area contributed by atoms with Gasteiger partial charge >= 0.3 is 0 Å². The second-order valence-corrected chi connectivity index (χ2v) is 4.99. The largest absolute Gasteiger partial charge is 0.461 e. The smallest absolute Gasteiger partial charge is 0.239 e. The van der Waals surface area contributed by atoms with E-state index in [1.165, 1.54) is 6.26 Å². The van der Waals surface area contributed by atoms with Crippen LogP contribution in [0.1, 0.15) is 26.2 Å².